The minimum absolute atomic E-state index is 0.133. The minimum atomic E-state index is -0.498. The summed E-state index contributed by atoms with van der Waals surface area (Å²) in [6, 6.07) is 3.15. The van der Waals surface area contributed by atoms with Crippen molar-refractivity contribution in [3.05, 3.63) is 41.0 Å². The molecular weight excluding hydrogens is 250 g/mol. The second-order valence-electron chi connectivity index (χ2n) is 4.54. The molecule has 0 spiro atoms. The topological polar surface area (TPSA) is 77.7 Å². The molecule has 1 atom stereocenters. The van der Waals surface area contributed by atoms with Crippen molar-refractivity contribution in [2.75, 3.05) is 18.0 Å². The Labute approximate surface area is 109 Å². The van der Waals surface area contributed by atoms with Gasteiger partial charge in [0.2, 0.25) is 6.29 Å². The Bertz CT molecular complexity index is 494. The summed E-state index contributed by atoms with van der Waals surface area (Å²) < 4.78 is 10.7. The van der Waals surface area contributed by atoms with E-state index in [0.717, 1.165) is 25.2 Å². The predicted octanol–water partition coefficient (Wildman–Crippen LogP) is 1.66. The van der Waals surface area contributed by atoms with Gasteiger partial charge in [0.1, 0.15) is 12.5 Å². The van der Waals surface area contributed by atoms with Crippen molar-refractivity contribution < 1.29 is 14.4 Å². The first-order valence-electron chi connectivity index (χ1n) is 6.05. The van der Waals surface area contributed by atoms with Crippen LogP contribution in [0, 0.1) is 16.0 Å². The lowest BCUT2D eigenvalue weighted by Gasteiger charge is -2.19. The van der Waals surface area contributed by atoms with E-state index in [1.807, 2.05) is 0 Å². The summed E-state index contributed by atoms with van der Waals surface area (Å²) in [5.74, 6) is 0.163. The first-order valence-corrected chi connectivity index (χ1v) is 6.05. The van der Waals surface area contributed by atoms with E-state index < -0.39 is 4.92 Å². The minimum Gasteiger partial charge on any atom is -0.459 e. The molecule has 1 unspecified atom stereocenters. The smallest absolute Gasteiger partial charge is 0.363 e. The van der Waals surface area contributed by atoms with E-state index in [2.05, 4.69) is 9.88 Å². The van der Waals surface area contributed by atoms with Gasteiger partial charge in [0.25, 0.3) is 0 Å². The van der Waals surface area contributed by atoms with Gasteiger partial charge < -0.3 is 24.5 Å². The van der Waals surface area contributed by atoms with Crippen LogP contribution >= 0.6 is 0 Å². The van der Waals surface area contributed by atoms with E-state index in [-0.39, 0.29) is 12.1 Å². The van der Waals surface area contributed by atoms with Gasteiger partial charge in [-0.2, -0.15) is 0 Å². The molecule has 0 bridgehead atoms. The van der Waals surface area contributed by atoms with Crippen LogP contribution in [0.2, 0.25) is 0 Å². The van der Waals surface area contributed by atoms with Crippen molar-refractivity contribution in [3.63, 3.8) is 0 Å². The van der Waals surface area contributed by atoms with Gasteiger partial charge in [-0.15, -0.1) is 0 Å². The van der Waals surface area contributed by atoms with Crippen molar-refractivity contribution in [3.8, 4) is 0 Å². The Morgan fingerprint density at radius 1 is 1.37 bits per heavy atom. The maximum Gasteiger partial charge on any atom is 0.363 e. The summed E-state index contributed by atoms with van der Waals surface area (Å²) in [4.78, 5) is 16.0. The Hall–Kier alpha value is -2.31. The van der Waals surface area contributed by atoms with E-state index >= 15 is 0 Å². The average molecular weight is 263 g/mol. The third-order valence-electron chi connectivity index (χ3n) is 3.38. The lowest BCUT2D eigenvalue weighted by molar-refractivity contribution is -0.389. The maximum absolute atomic E-state index is 10.5. The highest BCUT2D eigenvalue weighted by Crippen LogP contribution is 2.29. The molecule has 1 aromatic rings. The van der Waals surface area contributed by atoms with Gasteiger partial charge >= 0.3 is 5.82 Å². The predicted molar refractivity (Wildman–Crippen MR) is 66.3 cm³/mol. The number of hydrogen-bond acceptors (Lipinski definition) is 6. The summed E-state index contributed by atoms with van der Waals surface area (Å²) in [5, 5.41) is 10.5. The summed E-state index contributed by atoms with van der Waals surface area (Å²) in [6.45, 7) is 1.67. The van der Waals surface area contributed by atoms with Crippen LogP contribution in [0.3, 0.4) is 0 Å². The molecular formula is C12H13N3O4. The molecule has 7 nitrogen and oxygen atoms in total. The van der Waals surface area contributed by atoms with Gasteiger partial charge in [-0.3, -0.25) is 0 Å². The second kappa shape index (κ2) is 4.75. The van der Waals surface area contributed by atoms with Crippen molar-refractivity contribution in [1.82, 2.24) is 4.98 Å². The fraction of sp³-hybridized carbons (Fsp3) is 0.417. The molecule has 100 valence electrons. The number of nitrogens with zero attached hydrogens (tertiary/aromatic N) is 3. The normalized spacial score (nSPS) is 22.3. The van der Waals surface area contributed by atoms with Gasteiger partial charge in [-0.1, -0.05) is 0 Å². The number of anilines is 1. The van der Waals surface area contributed by atoms with Crippen LogP contribution in [-0.4, -0.2) is 29.3 Å². The Balaban J connectivity index is 1.65. The fourth-order valence-electron chi connectivity index (χ4n) is 2.39. The van der Waals surface area contributed by atoms with Crippen LogP contribution in [0.25, 0.3) is 0 Å². The highest BCUT2D eigenvalue weighted by Gasteiger charge is 2.33. The maximum atomic E-state index is 10.5. The lowest BCUT2D eigenvalue weighted by atomic mass is 10.1. The molecule has 0 saturated carbocycles. The monoisotopic (exact) mass is 263 g/mol. The number of pyridine rings is 1. The fourth-order valence-corrected chi connectivity index (χ4v) is 2.39. The highest BCUT2D eigenvalue weighted by molar-refractivity contribution is 5.47. The summed E-state index contributed by atoms with van der Waals surface area (Å²) in [7, 11) is 0. The van der Waals surface area contributed by atoms with Gasteiger partial charge in [0.05, 0.1) is 11.6 Å². The first kappa shape index (κ1) is 11.8. The summed E-state index contributed by atoms with van der Waals surface area (Å²) in [5.41, 5.74) is 0.888. The van der Waals surface area contributed by atoms with E-state index in [0.29, 0.717) is 5.92 Å². The highest BCUT2D eigenvalue weighted by atomic mass is 16.7. The molecule has 0 radical (unpaired) electrons. The zero-order valence-electron chi connectivity index (χ0n) is 10.1. The number of rotatable bonds is 3. The SMILES string of the molecule is O=[N+]([O-])c1ccc(N2CCC(C3OC=CO3)C2)cn1. The summed E-state index contributed by atoms with van der Waals surface area (Å²) >= 11 is 0. The zero-order chi connectivity index (χ0) is 13.2. The molecule has 1 aromatic heterocycles. The molecule has 1 fully saturated rings. The molecule has 2 aliphatic heterocycles. The van der Waals surface area contributed by atoms with Crippen molar-refractivity contribution in [1.29, 1.82) is 0 Å². The molecule has 0 N–H and O–H groups in total. The van der Waals surface area contributed by atoms with Crippen molar-refractivity contribution in [2.24, 2.45) is 5.92 Å². The largest absolute Gasteiger partial charge is 0.459 e. The molecule has 2 aliphatic rings. The van der Waals surface area contributed by atoms with E-state index in [9.17, 15) is 10.1 Å². The zero-order valence-corrected chi connectivity index (χ0v) is 10.1. The van der Waals surface area contributed by atoms with Crippen LogP contribution in [0.15, 0.2) is 30.9 Å². The van der Waals surface area contributed by atoms with Gasteiger partial charge in [-0.05, 0) is 22.4 Å². The van der Waals surface area contributed by atoms with Crippen LogP contribution in [0.4, 0.5) is 11.5 Å². The van der Waals surface area contributed by atoms with E-state index in [1.54, 1.807) is 18.6 Å². The van der Waals surface area contributed by atoms with E-state index in [4.69, 9.17) is 9.47 Å². The lowest BCUT2D eigenvalue weighted by Crippen LogP contribution is -2.26. The molecule has 3 rings (SSSR count). The van der Waals surface area contributed by atoms with Crippen LogP contribution in [-0.2, 0) is 9.47 Å². The Morgan fingerprint density at radius 2 is 2.16 bits per heavy atom. The van der Waals surface area contributed by atoms with Crippen molar-refractivity contribution >= 4 is 11.5 Å². The standard InChI is InChI=1S/C12H13N3O4/c16-15(17)11-2-1-10(7-13-11)14-4-3-9(8-14)12-18-5-6-19-12/h1-2,5-7,9,12H,3-4,8H2. The second-order valence-corrected chi connectivity index (χ2v) is 4.54. The van der Waals surface area contributed by atoms with Crippen LogP contribution in [0.5, 0.6) is 0 Å². The van der Waals surface area contributed by atoms with Crippen molar-refractivity contribution in [2.45, 2.75) is 12.7 Å². The Morgan fingerprint density at radius 3 is 2.79 bits per heavy atom. The van der Waals surface area contributed by atoms with Gasteiger partial charge in [0.15, 0.2) is 6.20 Å². The first-order chi connectivity index (χ1) is 9.24. The molecule has 0 aliphatic carbocycles. The molecule has 0 amide bonds. The number of hydrogen-bond donors (Lipinski definition) is 0. The molecule has 7 heteroatoms. The summed E-state index contributed by atoms with van der Waals surface area (Å²) in [6.07, 6.45) is 5.40. The van der Waals surface area contributed by atoms with Gasteiger partial charge in [-0.25, -0.2) is 0 Å². The molecule has 0 aromatic carbocycles. The third-order valence-corrected chi connectivity index (χ3v) is 3.38. The quantitative estimate of drug-likeness (QED) is 0.609. The average Bonchev–Trinajstić information content (AvgIpc) is 3.10. The van der Waals surface area contributed by atoms with Crippen LogP contribution in [0.1, 0.15) is 6.42 Å². The number of nitro groups is 1. The molecule has 3 heterocycles. The molecule has 19 heavy (non-hydrogen) atoms. The third kappa shape index (κ3) is 2.31. The number of aromatic nitrogens is 1. The Kier molecular flexibility index (Phi) is 2.94. The number of ether oxygens (including phenoxy) is 2. The van der Waals surface area contributed by atoms with Gasteiger partial charge in [0, 0.05) is 19.2 Å². The van der Waals surface area contributed by atoms with Crippen LogP contribution < -0.4 is 4.90 Å². The molecule has 1 saturated heterocycles. The van der Waals surface area contributed by atoms with E-state index in [1.165, 1.54) is 12.3 Å².